The molecule has 0 aliphatic carbocycles. The fraction of sp³-hybridized carbons (Fsp3) is 0.667. The summed E-state index contributed by atoms with van der Waals surface area (Å²) in [6.45, 7) is 8.19. The predicted octanol–water partition coefficient (Wildman–Crippen LogP) is 5.17. The predicted molar refractivity (Wildman–Crippen MR) is 77.6 cm³/mol. The molecule has 0 aliphatic heterocycles. The van der Waals surface area contributed by atoms with Gasteiger partial charge in [-0.2, -0.15) is 0 Å². The fourth-order valence-electron chi connectivity index (χ4n) is 1.21. The molecule has 0 aromatic heterocycles. The number of allylic oxidation sites excluding steroid dienone is 3. The van der Waals surface area contributed by atoms with Gasteiger partial charge in [0.15, 0.2) is 0 Å². The van der Waals surface area contributed by atoms with Gasteiger partial charge in [-0.1, -0.05) is 19.4 Å². The second kappa shape index (κ2) is 9.79. The molecule has 106 valence electrons. The van der Waals surface area contributed by atoms with Crippen LogP contribution in [-0.4, -0.2) is 13.2 Å². The first kappa shape index (κ1) is 17.9. The van der Waals surface area contributed by atoms with Crippen molar-refractivity contribution in [1.29, 1.82) is 0 Å². The molecule has 0 atom stereocenters. The maximum Gasteiger partial charge on any atom is 0.529 e. The molecule has 0 rings (SSSR count). The molecular weight excluding hydrogens is 319 g/mol. The van der Waals surface area contributed by atoms with E-state index in [9.17, 15) is 4.57 Å². The van der Waals surface area contributed by atoms with Gasteiger partial charge in [-0.05, 0) is 48.7 Å². The number of phosphoric ester groups is 1. The lowest BCUT2D eigenvalue weighted by molar-refractivity contribution is 0.153. The average molecular weight is 341 g/mol. The van der Waals surface area contributed by atoms with E-state index in [1.807, 2.05) is 6.08 Å². The van der Waals surface area contributed by atoms with Crippen LogP contribution >= 0.6 is 23.8 Å². The highest BCUT2D eigenvalue weighted by Gasteiger charge is 2.25. The highest BCUT2D eigenvalue weighted by atomic mass is 79.9. The summed E-state index contributed by atoms with van der Waals surface area (Å²) in [6, 6.07) is 0. The van der Waals surface area contributed by atoms with Crippen LogP contribution < -0.4 is 0 Å². The molecule has 4 nitrogen and oxygen atoms in total. The maximum absolute atomic E-state index is 12.0. The van der Waals surface area contributed by atoms with Gasteiger partial charge in [-0.25, -0.2) is 4.57 Å². The summed E-state index contributed by atoms with van der Waals surface area (Å²) in [5.41, 5.74) is 1.27. The summed E-state index contributed by atoms with van der Waals surface area (Å²) < 4.78 is 27.8. The van der Waals surface area contributed by atoms with Crippen molar-refractivity contribution in [2.24, 2.45) is 0 Å². The van der Waals surface area contributed by atoms with Crippen LogP contribution in [0.4, 0.5) is 0 Å². The molecule has 0 heterocycles. The molecule has 0 unspecified atom stereocenters. The van der Waals surface area contributed by atoms with Gasteiger partial charge in [0.25, 0.3) is 0 Å². The van der Waals surface area contributed by atoms with E-state index in [2.05, 4.69) is 29.8 Å². The molecule has 0 aliphatic rings. The molecular formula is C12H22BrO4P. The summed E-state index contributed by atoms with van der Waals surface area (Å²) in [7, 11) is -3.47. The Bertz CT molecular complexity index is 323. The Labute approximate surface area is 118 Å². The first-order chi connectivity index (χ1) is 8.51. The molecule has 0 saturated carbocycles. The zero-order valence-corrected chi connectivity index (χ0v) is 13.9. The molecule has 18 heavy (non-hydrogen) atoms. The Morgan fingerprint density at radius 1 is 1.11 bits per heavy atom. The van der Waals surface area contributed by atoms with Crippen molar-refractivity contribution in [3.8, 4) is 0 Å². The van der Waals surface area contributed by atoms with E-state index < -0.39 is 7.82 Å². The third-order valence-electron chi connectivity index (χ3n) is 2.12. The third kappa shape index (κ3) is 7.37. The van der Waals surface area contributed by atoms with Crippen LogP contribution in [0.25, 0.3) is 0 Å². The van der Waals surface area contributed by atoms with Crippen LogP contribution in [0.2, 0.25) is 0 Å². The van der Waals surface area contributed by atoms with Crippen molar-refractivity contribution in [1.82, 2.24) is 0 Å². The second-order valence-corrected chi connectivity index (χ2v) is 5.94. The van der Waals surface area contributed by atoms with Crippen LogP contribution in [-0.2, 0) is 18.1 Å². The van der Waals surface area contributed by atoms with Crippen LogP contribution in [0, 0.1) is 0 Å². The molecule has 0 saturated heterocycles. The maximum atomic E-state index is 12.0. The van der Waals surface area contributed by atoms with E-state index in [1.54, 1.807) is 13.8 Å². The van der Waals surface area contributed by atoms with Crippen molar-refractivity contribution in [2.45, 2.75) is 40.5 Å². The van der Waals surface area contributed by atoms with E-state index in [0.717, 1.165) is 12.8 Å². The Balaban J connectivity index is 4.67. The van der Waals surface area contributed by atoms with E-state index in [1.165, 1.54) is 11.8 Å². The summed E-state index contributed by atoms with van der Waals surface area (Å²) in [5, 5.41) is 0. The molecule has 0 fully saturated rings. The Hall–Kier alpha value is -0.0900. The zero-order valence-electron chi connectivity index (χ0n) is 11.4. The number of halogens is 1. The summed E-state index contributed by atoms with van der Waals surface area (Å²) >= 11 is 3.34. The van der Waals surface area contributed by atoms with Gasteiger partial charge in [0.1, 0.15) is 6.26 Å². The molecule has 0 aromatic carbocycles. The lowest BCUT2D eigenvalue weighted by atomic mass is 10.1. The summed E-state index contributed by atoms with van der Waals surface area (Å²) in [4.78, 5) is 0. The van der Waals surface area contributed by atoms with Crippen LogP contribution in [0.1, 0.15) is 40.5 Å². The average Bonchev–Trinajstić information content (AvgIpc) is 2.34. The molecule has 6 heteroatoms. The van der Waals surface area contributed by atoms with E-state index in [4.69, 9.17) is 13.6 Å². The minimum atomic E-state index is -3.47. The number of hydrogen-bond donors (Lipinski definition) is 0. The first-order valence-electron chi connectivity index (χ1n) is 6.13. The monoisotopic (exact) mass is 340 g/mol. The standard InChI is InChI=1S/C12H22BrO4P/c1-5-11(6-2)9-12(13)10-17-18(14,15-7-3)16-8-4/h9-10H,5-8H2,1-4H3/b12-10-. The van der Waals surface area contributed by atoms with Gasteiger partial charge in [-0.3, -0.25) is 9.05 Å². The first-order valence-corrected chi connectivity index (χ1v) is 8.39. The minimum absolute atomic E-state index is 0.272. The van der Waals surface area contributed by atoms with Crippen molar-refractivity contribution in [2.75, 3.05) is 13.2 Å². The molecule has 0 N–H and O–H groups in total. The molecule has 0 amide bonds. The summed E-state index contributed by atoms with van der Waals surface area (Å²) in [5.74, 6) is 0. The lowest BCUT2D eigenvalue weighted by Crippen LogP contribution is -1.96. The van der Waals surface area contributed by atoms with Crippen molar-refractivity contribution in [3.05, 3.63) is 22.4 Å². The number of hydrogen-bond acceptors (Lipinski definition) is 4. The van der Waals surface area contributed by atoms with E-state index in [0.29, 0.717) is 4.48 Å². The highest BCUT2D eigenvalue weighted by molar-refractivity contribution is 9.11. The van der Waals surface area contributed by atoms with Crippen LogP contribution in [0.5, 0.6) is 0 Å². The topological polar surface area (TPSA) is 44.8 Å². The minimum Gasteiger partial charge on any atom is -0.411 e. The highest BCUT2D eigenvalue weighted by Crippen LogP contribution is 2.49. The Morgan fingerprint density at radius 3 is 2.00 bits per heavy atom. The van der Waals surface area contributed by atoms with Crippen LogP contribution in [0.15, 0.2) is 22.4 Å². The zero-order chi connectivity index (χ0) is 14.0. The lowest BCUT2D eigenvalue weighted by Gasteiger charge is -2.14. The van der Waals surface area contributed by atoms with E-state index in [-0.39, 0.29) is 13.2 Å². The van der Waals surface area contributed by atoms with Crippen molar-refractivity contribution in [3.63, 3.8) is 0 Å². The smallest absolute Gasteiger partial charge is 0.411 e. The van der Waals surface area contributed by atoms with Crippen LogP contribution in [0.3, 0.4) is 0 Å². The van der Waals surface area contributed by atoms with Gasteiger partial charge >= 0.3 is 7.82 Å². The normalized spacial score (nSPS) is 12.4. The SMILES string of the molecule is CCOP(=O)(O/C=C(\Br)C=C(CC)CC)OCC. The van der Waals surface area contributed by atoms with Gasteiger partial charge in [0.2, 0.25) is 0 Å². The molecule has 0 aromatic rings. The van der Waals surface area contributed by atoms with Gasteiger partial charge in [-0.15, -0.1) is 0 Å². The Kier molecular flexibility index (Phi) is 9.74. The Morgan fingerprint density at radius 2 is 1.61 bits per heavy atom. The third-order valence-corrected chi connectivity index (χ3v) is 4.05. The fourth-order valence-corrected chi connectivity index (χ4v) is 2.85. The summed E-state index contributed by atoms with van der Waals surface area (Å²) in [6.07, 6.45) is 5.24. The van der Waals surface area contributed by atoms with Gasteiger partial charge in [0.05, 0.1) is 17.7 Å². The number of phosphoric acid groups is 1. The van der Waals surface area contributed by atoms with Crippen molar-refractivity contribution >= 4 is 23.8 Å². The quantitative estimate of drug-likeness (QED) is 0.330. The largest absolute Gasteiger partial charge is 0.529 e. The molecule has 0 radical (unpaired) electrons. The number of rotatable bonds is 9. The van der Waals surface area contributed by atoms with Gasteiger partial charge in [0, 0.05) is 0 Å². The second-order valence-electron chi connectivity index (χ2n) is 3.40. The van der Waals surface area contributed by atoms with Gasteiger partial charge < -0.3 is 4.52 Å². The van der Waals surface area contributed by atoms with E-state index >= 15 is 0 Å². The van der Waals surface area contributed by atoms with Crippen molar-refractivity contribution < 1.29 is 18.1 Å². The molecule has 0 spiro atoms. The molecule has 0 bridgehead atoms.